The fourth-order valence-corrected chi connectivity index (χ4v) is 2.82. The number of nitro benzene ring substituents is 1. The highest BCUT2D eigenvalue weighted by Gasteiger charge is 2.17. The molecule has 0 aliphatic heterocycles. The number of ketones is 1. The topological polar surface area (TPSA) is 96.5 Å². The molecule has 0 unspecified atom stereocenters. The van der Waals surface area contributed by atoms with Crippen LogP contribution in [0.1, 0.15) is 29.8 Å². The molecule has 7 nitrogen and oxygen atoms in total. The summed E-state index contributed by atoms with van der Waals surface area (Å²) in [5.41, 5.74) is 1.30. The van der Waals surface area contributed by atoms with E-state index in [0.29, 0.717) is 11.3 Å². The summed E-state index contributed by atoms with van der Waals surface area (Å²) in [6.45, 7) is 5.78. The van der Waals surface area contributed by atoms with Crippen LogP contribution in [-0.2, 0) is 0 Å². The summed E-state index contributed by atoms with van der Waals surface area (Å²) in [6, 6.07) is 12.7. The van der Waals surface area contributed by atoms with Crippen LogP contribution in [0.15, 0.2) is 48.0 Å². The number of ether oxygens (including phenoxy) is 1. The van der Waals surface area contributed by atoms with Crippen LogP contribution in [0, 0.1) is 21.4 Å². The summed E-state index contributed by atoms with van der Waals surface area (Å²) < 4.78 is 5.43. The molecule has 2 rings (SSSR count). The number of anilines is 1. The Balaban J connectivity index is 2.44. The van der Waals surface area contributed by atoms with Crippen LogP contribution < -0.4 is 9.64 Å². The first-order valence-corrected chi connectivity index (χ1v) is 8.79. The zero-order valence-electron chi connectivity index (χ0n) is 16.0. The highest BCUT2D eigenvalue weighted by atomic mass is 16.6. The van der Waals surface area contributed by atoms with E-state index in [-0.39, 0.29) is 16.8 Å². The van der Waals surface area contributed by atoms with Gasteiger partial charge in [-0.05, 0) is 32.1 Å². The molecule has 0 aromatic heterocycles. The van der Waals surface area contributed by atoms with Crippen LogP contribution in [0.2, 0.25) is 0 Å². The lowest BCUT2D eigenvalue weighted by Crippen LogP contribution is -2.21. The van der Waals surface area contributed by atoms with Gasteiger partial charge in [0, 0.05) is 48.1 Å². The van der Waals surface area contributed by atoms with Gasteiger partial charge in [0.1, 0.15) is 17.4 Å². The predicted molar refractivity (Wildman–Crippen MR) is 108 cm³/mol. The van der Waals surface area contributed by atoms with Crippen molar-refractivity contribution in [3.8, 4) is 11.8 Å². The van der Waals surface area contributed by atoms with Crippen LogP contribution in [0.5, 0.6) is 5.75 Å². The van der Waals surface area contributed by atoms with Gasteiger partial charge < -0.3 is 9.64 Å². The molecule has 0 aliphatic carbocycles. The molecule has 0 amide bonds. The molecule has 0 spiro atoms. The smallest absolute Gasteiger partial charge is 0.270 e. The van der Waals surface area contributed by atoms with Gasteiger partial charge in [-0.25, -0.2) is 0 Å². The van der Waals surface area contributed by atoms with Crippen LogP contribution in [0.4, 0.5) is 11.4 Å². The summed E-state index contributed by atoms with van der Waals surface area (Å²) in [7, 11) is 1.52. The van der Waals surface area contributed by atoms with Crippen molar-refractivity contribution in [2.75, 3.05) is 25.1 Å². The number of Topliss-reactive ketones (excluding diaryl/α,β-unsaturated/α-hetero) is 1. The molecular weight excluding hydrogens is 358 g/mol. The predicted octanol–water partition coefficient (Wildman–Crippen LogP) is 4.24. The number of nitriles is 1. The summed E-state index contributed by atoms with van der Waals surface area (Å²) in [4.78, 5) is 25.1. The standard InChI is InChI=1S/C21H21N3O4/c1-4-23(5-2)18-10-9-15(20(13-18)28-3)11-17(14-22)21(25)16-7-6-8-19(12-16)24(26)27/h6-13H,4-5H2,1-3H3/b17-11+. The lowest BCUT2D eigenvalue weighted by molar-refractivity contribution is -0.384. The van der Waals surface area contributed by atoms with E-state index in [1.54, 1.807) is 6.07 Å². The van der Waals surface area contributed by atoms with Crippen LogP contribution in [0.3, 0.4) is 0 Å². The normalized spacial score (nSPS) is 10.9. The van der Waals surface area contributed by atoms with Crippen molar-refractivity contribution in [1.82, 2.24) is 0 Å². The zero-order valence-corrected chi connectivity index (χ0v) is 16.0. The first-order valence-electron chi connectivity index (χ1n) is 8.79. The average Bonchev–Trinajstić information content (AvgIpc) is 2.72. The molecule has 144 valence electrons. The Morgan fingerprint density at radius 2 is 1.96 bits per heavy atom. The van der Waals surface area contributed by atoms with Gasteiger partial charge in [0.25, 0.3) is 5.69 Å². The Kier molecular flexibility index (Phi) is 6.88. The number of carbonyl (C=O) groups excluding carboxylic acids is 1. The van der Waals surface area contributed by atoms with Gasteiger partial charge in [-0.15, -0.1) is 0 Å². The van der Waals surface area contributed by atoms with Crippen molar-refractivity contribution >= 4 is 23.2 Å². The Morgan fingerprint density at radius 3 is 2.54 bits per heavy atom. The second kappa shape index (κ2) is 9.33. The van der Waals surface area contributed by atoms with E-state index in [2.05, 4.69) is 18.7 Å². The highest BCUT2D eigenvalue weighted by molar-refractivity contribution is 6.14. The third-order valence-electron chi connectivity index (χ3n) is 4.33. The van der Waals surface area contributed by atoms with Crippen molar-refractivity contribution < 1.29 is 14.5 Å². The Morgan fingerprint density at radius 1 is 1.25 bits per heavy atom. The van der Waals surface area contributed by atoms with Gasteiger partial charge in [-0.3, -0.25) is 14.9 Å². The van der Waals surface area contributed by atoms with Gasteiger partial charge in [0.05, 0.1) is 12.0 Å². The molecule has 0 N–H and O–H groups in total. The monoisotopic (exact) mass is 379 g/mol. The van der Waals surface area contributed by atoms with Crippen molar-refractivity contribution in [3.05, 3.63) is 69.3 Å². The van der Waals surface area contributed by atoms with Crippen LogP contribution in [-0.4, -0.2) is 30.9 Å². The average molecular weight is 379 g/mol. The van der Waals surface area contributed by atoms with E-state index in [9.17, 15) is 20.2 Å². The van der Waals surface area contributed by atoms with Crippen molar-refractivity contribution in [2.24, 2.45) is 0 Å². The molecule has 28 heavy (non-hydrogen) atoms. The fourth-order valence-electron chi connectivity index (χ4n) is 2.82. The molecule has 2 aromatic rings. The summed E-state index contributed by atoms with van der Waals surface area (Å²) in [5, 5.41) is 20.4. The second-order valence-electron chi connectivity index (χ2n) is 5.90. The lowest BCUT2D eigenvalue weighted by Gasteiger charge is -2.22. The van der Waals surface area contributed by atoms with E-state index in [1.165, 1.54) is 31.4 Å². The zero-order chi connectivity index (χ0) is 20.7. The van der Waals surface area contributed by atoms with Crippen molar-refractivity contribution in [1.29, 1.82) is 5.26 Å². The van der Waals surface area contributed by atoms with Gasteiger partial charge in [0.2, 0.25) is 5.78 Å². The number of rotatable bonds is 8. The maximum Gasteiger partial charge on any atom is 0.270 e. The first-order chi connectivity index (χ1) is 13.4. The summed E-state index contributed by atoms with van der Waals surface area (Å²) in [6.07, 6.45) is 1.44. The number of non-ortho nitro benzene ring substituents is 1. The number of nitro groups is 1. The molecule has 0 bridgehead atoms. The van der Waals surface area contributed by atoms with Gasteiger partial charge in [0.15, 0.2) is 0 Å². The lowest BCUT2D eigenvalue weighted by atomic mass is 10.0. The molecule has 0 saturated heterocycles. The minimum Gasteiger partial charge on any atom is -0.496 e. The molecule has 2 aromatic carbocycles. The van der Waals surface area contributed by atoms with E-state index in [1.807, 2.05) is 18.2 Å². The number of carbonyl (C=O) groups is 1. The number of nitrogens with zero attached hydrogens (tertiary/aromatic N) is 3. The fraction of sp³-hybridized carbons (Fsp3) is 0.238. The number of methoxy groups -OCH3 is 1. The Hall–Kier alpha value is -3.66. The third kappa shape index (κ3) is 4.54. The first kappa shape index (κ1) is 20.6. The van der Waals surface area contributed by atoms with E-state index in [4.69, 9.17) is 4.74 Å². The van der Waals surface area contributed by atoms with E-state index in [0.717, 1.165) is 24.8 Å². The third-order valence-corrected chi connectivity index (χ3v) is 4.33. The van der Waals surface area contributed by atoms with Crippen LogP contribution in [0.25, 0.3) is 6.08 Å². The molecule has 0 saturated carbocycles. The summed E-state index contributed by atoms with van der Waals surface area (Å²) in [5.74, 6) is -0.0509. The quantitative estimate of drug-likeness (QED) is 0.224. The number of hydrogen-bond donors (Lipinski definition) is 0. The number of benzene rings is 2. The molecule has 0 atom stereocenters. The number of allylic oxidation sites excluding steroid dienone is 1. The summed E-state index contributed by atoms with van der Waals surface area (Å²) >= 11 is 0. The largest absolute Gasteiger partial charge is 0.496 e. The highest BCUT2D eigenvalue weighted by Crippen LogP contribution is 2.28. The molecule has 0 radical (unpaired) electrons. The maximum atomic E-state index is 12.7. The Bertz CT molecular complexity index is 956. The molecule has 0 aliphatic rings. The van der Waals surface area contributed by atoms with Gasteiger partial charge in [-0.2, -0.15) is 5.26 Å². The minimum absolute atomic E-state index is 0.0840. The number of hydrogen-bond acceptors (Lipinski definition) is 6. The van der Waals surface area contributed by atoms with Crippen molar-refractivity contribution in [2.45, 2.75) is 13.8 Å². The molecule has 7 heteroatoms. The van der Waals surface area contributed by atoms with Gasteiger partial charge in [-0.1, -0.05) is 12.1 Å². The minimum atomic E-state index is -0.582. The van der Waals surface area contributed by atoms with E-state index >= 15 is 0 Å². The van der Waals surface area contributed by atoms with Crippen molar-refractivity contribution in [3.63, 3.8) is 0 Å². The molecule has 0 fully saturated rings. The molecule has 0 heterocycles. The van der Waals surface area contributed by atoms with E-state index < -0.39 is 10.7 Å². The van der Waals surface area contributed by atoms with Gasteiger partial charge >= 0.3 is 0 Å². The Labute approximate surface area is 163 Å². The maximum absolute atomic E-state index is 12.7. The SMILES string of the molecule is CCN(CC)c1ccc(/C=C(\C#N)C(=O)c2cccc([N+](=O)[O-])c2)c(OC)c1. The molecular formula is C21H21N3O4. The van der Waals surface area contributed by atoms with Crippen LogP contribution >= 0.6 is 0 Å². The second-order valence-corrected chi connectivity index (χ2v) is 5.90.